The van der Waals surface area contributed by atoms with E-state index in [4.69, 9.17) is 19.5 Å². The second-order valence-corrected chi connectivity index (χ2v) is 7.71. The largest absolute Gasteiger partial charge is 0.493 e. The van der Waals surface area contributed by atoms with Crippen LogP contribution in [0, 0.1) is 18.3 Å². The van der Waals surface area contributed by atoms with Crippen molar-refractivity contribution in [2.45, 2.75) is 13.1 Å². The van der Waals surface area contributed by atoms with Crippen LogP contribution >= 0.6 is 0 Å². The highest BCUT2D eigenvalue weighted by Gasteiger charge is 2.38. The van der Waals surface area contributed by atoms with Gasteiger partial charge in [0.25, 0.3) is 17.7 Å². The number of ether oxygens (including phenoxy) is 3. The molecule has 1 heterocycles. The first-order valence-electron chi connectivity index (χ1n) is 11.0. The summed E-state index contributed by atoms with van der Waals surface area (Å²) in [6.07, 6.45) is -4.89. The molecule has 2 amide bonds. The molecule has 0 atom stereocenters. The number of benzene rings is 2. The van der Waals surface area contributed by atoms with E-state index >= 15 is 0 Å². The Morgan fingerprint density at radius 3 is 2.47 bits per heavy atom. The Morgan fingerprint density at radius 1 is 1.05 bits per heavy atom. The molecule has 0 spiro atoms. The average Bonchev–Trinajstić information content (AvgIpc) is 2.88. The predicted octanol–water partition coefficient (Wildman–Crippen LogP) is 4.10. The van der Waals surface area contributed by atoms with Gasteiger partial charge in [-0.1, -0.05) is 6.07 Å². The number of methoxy groups -OCH3 is 2. The number of halogens is 3. The second kappa shape index (κ2) is 12.0. The summed E-state index contributed by atoms with van der Waals surface area (Å²) in [6, 6.07) is 11.8. The van der Waals surface area contributed by atoms with E-state index < -0.39 is 40.7 Å². The molecule has 0 aliphatic rings. The minimum Gasteiger partial charge on any atom is -0.493 e. The normalized spacial score (nSPS) is 10.9. The Bertz CT molecular complexity index is 1390. The van der Waals surface area contributed by atoms with Crippen molar-refractivity contribution < 1.29 is 37.0 Å². The van der Waals surface area contributed by atoms with Gasteiger partial charge in [0, 0.05) is 31.0 Å². The molecule has 198 valence electrons. The van der Waals surface area contributed by atoms with E-state index in [1.54, 1.807) is 0 Å². The molecular formula is C25H22F3N5O5. The third kappa shape index (κ3) is 6.54. The Morgan fingerprint density at radius 2 is 1.82 bits per heavy atom. The SMILES string of the molecule is COCCNC(=O)c1cccc(NC(=O)c2c(Oc3ccc(C#N)cc3OC)nnc(C(F)(F)F)c2C)c1. The van der Waals surface area contributed by atoms with Crippen molar-refractivity contribution in [1.29, 1.82) is 5.26 Å². The molecule has 0 saturated heterocycles. The summed E-state index contributed by atoms with van der Waals surface area (Å²) >= 11 is 0. The van der Waals surface area contributed by atoms with Gasteiger partial charge >= 0.3 is 6.18 Å². The lowest BCUT2D eigenvalue weighted by molar-refractivity contribution is -0.142. The molecule has 2 N–H and O–H groups in total. The van der Waals surface area contributed by atoms with Gasteiger partial charge in [0.15, 0.2) is 17.2 Å². The van der Waals surface area contributed by atoms with E-state index in [0.29, 0.717) is 6.61 Å². The zero-order chi connectivity index (χ0) is 27.9. The molecule has 0 radical (unpaired) electrons. The van der Waals surface area contributed by atoms with Crippen LogP contribution in [0.5, 0.6) is 17.4 Å². The first-order chi connectivity index (χ1) is 18.1. The first kappa shape index (κ1) is 27.9. The maximum atomic E-state index is 13.6. The van der Waals surface area contributed by atoms with Crippen molar-refractivity contribution >= 4 is 17.5 Å². The fourth-order valence-corrected chi connectivity index (χ4v) is 3.33. The van der Waals surface area contributed by atoms with Crippen molar-refractivity contribution in [2.24, 2.45) is 0 Å². The van der Waals surface area contributed by atoms with Crippen LogP contribution in [0.2, 0.25) is 0 Å². The summed E-state index contributed by atoms with van der Waals surface area (Å²) in [4.78, 5) is 25.6. The molecule has 0 unspecified atom stereocenters. The van der Waals surface area contributed by atoms with Crippen LogP contribution in [-0.4, -0.2) is 49.4 Å². The van der Waals surface area contributed by atoms with E-state index in [-0.39, 0.29) is 34.9 Å². The quantitative estimate of drug-likeness (QED) is 0.396. The first-order valence-corrected chi connectivity index (χ1v) is 11.0. The van der Waals surface area contributed by atoms with Gasteiger partial charge in [-0.15, -0.1) is 10.2 Å². The van der Waals surface area contributed by atoms with Crippen LogP contribution in [0.3, 0.4) is 0 Å². The lowest BCUT2D eigenvalue weighted by Crippen LogP contribution is -2.27. The molecule has 0 aliphatic carbocycles. The highest BCUT2D eigenvalue weighted by atomic mass is 19.4. The minimum atomic E-state index is -4.89. The summed E-state index contributed by atoms with van der Waals surface area (Å²) in [5.74, 6) is -1.87. The number of nitriles is 1. The van der Waals surface area contributed by atoms with Gasteiger partial charge in [-0.2, -0.15) is 18.4 Å². The van der Waals surface area contributed by atoms with E-state index in [0.717, 1.165) is 6.92 Å². The summed E-state index contributed by atoms with van der Waals surface area (Å²) in [6.45, 7) is 1.62. The number of carbonyl (C=O) groups is 2. The zero-order valence-electron chi connectivity index (χ0n) is 20.5. The minimum absolute atomic E-state index is 0.0104. The van der Waals surface area contributed by atoms with Crippen molar-refractivity contribution in [3.05, 3.63) is 70.4 Å². The van der Waals surface area contributed by atoms with Crippen LogP contribution in [0.4, 0.5) is 18.9 Å². The molecule has 0 fully saturated rings. The Balaban J connectivity index is 1.99. The zero-order valence-corrected chi connectivity index (χ0v) is 20.5. The molecule has 0 aliphatic heterocycles. The third-order valence-electron chi connectivity index (χ3n) is 5.15. The number of amides is 2. The van der Waals surface area contributed by atoms with Crippen LogP contribution in [0.1, 0.15) is 37.5 Å². The van der Waals surface area contributed by atoms with Gasteiger partial charge in [-0.3, -0.25) is 9.59 Å². The number of hydrogen-bond donors (Lipinski definition) is 2. The van der Waals surface area contributed by atoms with Crippen LogP contribution < -0.4 is 20.1 Å². The highest BCUT2D eigenvalue weighted by Crippen LogP contribution is 2.37. The molecule has 2 aromatic carbocycles. The highest BCUT2D eigenvalue weighted by molar-refractivity contribution is 6.07. The smallest absolute Gasteiger partial charge is 0.435 e. The monoisotopic (exact) mass is 529 g/mol. The summed E-state index contributed by atoms with van der Waals surface area (Å²) in [5, 5.41) is 20.9. The van der Waals surface area contributed by atoms with E-state index in [2.05, 4.69) is 20.8 Å². The lowest BCUT2D eigenvalue weighted by atomic mass is 10.1. The molecule has 0 bridgehead atoms. The van der Waals surface area contributed by atoms with Gasteiger partial charge in [0.05, 0.1) is 25.3 Å². The van der Waals surface area contributed by atoms with Gasteiger partial charge in [-0.25, -0.2) is 0 Å². The summed E-state index contributed by atoms with van der Waals surface area (Å²) in [7, 11) is 2.79. The molecule has 13 heteroatoms. The average molecular weight is 529 g/mol. The van der Waals surface area contributed by atoms with Crippen molar-refractivity contribution in [2.75, 3.05) is 32.7 Å². The number of nitrogens with zero attached hydrogens (tertiary/aromatic N) is 3. The fourth-order valence-electron chi connectivity index (χ4n) is 3.33. The number of anilines is 1. The number of alkyl halides is 3. The topological polar surface area (TPSA) is 135 Å². The molecule has 1 aromatic heterocycles. The molecule has 3 aromatic rings. The van der Waals surface area contributed by atoms with Crippen LogP contribution in [0.25, 0.3) is 0 Å². The van der Waals surface area contributed by atoms with Crippen molar-refractivity contribution in [3.8, 4) is 23.4 Å². The maximum absolute atomic E-state index is 13.6. The summed E-state index contributed by atoms with van der Waals surface area (Å²) < 4.78 is 56.4. The van der Waals surface area contributed by atoms with Gasteiger partial charge in [-0.05, 0) is 42.8 Å². The third-order valence-corrected chi connectivity index (χ3v) is 5.15. The lowest BCUT2D eigenvalue weighted by Gasteiger charge is -2.17. The predicted molar refractivity (Wildman–Crippen MR) is 128 cm³/mol. The van der Waals surface area contributed by atoms with E-state index in [9.17, 15) is 22.8 Å². The molecular weight excluding hydrogens is 507 g/mol. The van der Waals surface area contributed by atoms with Crippen molar-refractivity contribution in [1.82, 2.24) is 15.5 Å². The Kier molecular flexibility index (Phi) is 8.82. The number of hydrogen-bond acceptors (Lipinski definition) is 8. The second-order valence-electron chi connectivity index (χ2n) is 7.71. The van der Waals surface area contributed by atoms with E-state index in [1.807, 2.05) is 6.07 Å². The molecule has 3 rings (SSSR count). The molecule has 10 nitrogen and oxygen atoms in total. The number of rotatable bonds is 9. The number of carbonyl (C=O) groups excluding carboxylic acids is 2. The van der Waals surface area contributed by atoms with Gasteiger partial charge in [0.1, 0.15) is 5.56 Å². The van der Waals surface area contributed by atoms with E-state index in [1.165, 1.54) is 56.7 Å². The molecule has 38 heavy (non-hydrogen) atoms. The van der Waals surface area contributed by atoms with Gasteiger partial charge < -0.3 is 24.8 Å². The van der Waals surface area contributed by atoms with Crippen LogP contribution in [0.15, 0.2) is 42.5 Å². The van der Waals surface area contributed by atoms with Gasteiger partial charge in [0.2, 0.25) is 0 Å². The summed E-state index contributed by atoms with van der Waals surface area (Å²) in [5.41, 5.74) is -1.84. The number of aromatic nitrogens is 2. The fraction of sp³-hybridized carbons (Fsp3) is 0.240. The maximum Gasteiger partial charge on any atom is 0.435 e. The Hall–Kier alpha value is -4.70. The molecule has 0 saturated carbocycles. The number of nitrogens with one attached hydrogen (secondary N) is 2. The van der Waals surface area contributed by atoms with Crippen LogP contribution in [-0.2, 0) is 10.9 Å². The Labute approximate surface area is 215 Å². The standard InChI is InChI=1S/C25H22F3N5O5/c1-14-20(23(35)31-17-6-4-5-16(12-17)22(34)30-9-10-36-2)24(33-32-21(14)25(26,27)28)38-18-8-7-15(13-29)11-19(18)37-3/h4-8,11-12H,9-10H2,1-3H3,(H,30,34)(H,31,35). The van der Waals surface area contributed by atoms with Crippen molar-refractivity contribution in [3.63, 3.8) is 0 Å².